The number of nitrogens with zero attached hydrogens (tertiary/aromatic N) is 1. The highest BCUT2D eigenvalue weighted by Gasteiger charge is 2.29. The van der Waals surface area contributed by atoms with Crippen LogP contribution in [0.3, 0.4) is 0 Å². The van der Waals surface area contributed by atoms with Gasteiger partial charge in [-0.25, -0.2) is 4.79 Å². The number of hydrogen-bond donors (Lipinski definition) is 1. The van der Waals surface area contributed by atoms with Crippen LogP contribution in [0, 0.1) is 0 Å². The monoisotopic (exact) mass is 392 g/mol. The molecule has 2 amide bonds. The van der Waals surface area contributed by atoms with Gasteiger partial charge in [0.15, 0.2) is 0 Å². The molecular formula is C17H23F3N2O3S. The molecule has 0 bridgehead atoms. The van der Waals surface area contributed by atoms with E-state index in [4.69, 9.17) is 4.74 Å². The largest absolute Gasteiger partial charge is 0.444 e. The Labute approximate surface area is 155 Å². The van der Waals surface area contributed by atoms with Gasteiger partial charge in [-0.05, 0) is 51.1 Å². The molecule has 9 heteroatoms. The molecule has 0 radical (unpaired) electrons. The van der Waals surface area contributed by atoms with Gasteiger partial charge in [-0.1, -0.05) is 18.2 Å². The van der Waals surface area contributed by atoms with Gasteiger partial charge in [0, 0.05) is 12.2 Å². The number of anilines is 1. The third-order valence-corrected chi connectivity index (χ3v) is 3.79. The second-order valence-electron chi connectivity index (χ2n) is 6.43. The lowest BCUT2D eigenvalue weighted by molar-refractivity contribution is -0.114. The Kier molecular flexibility index (Phi) is 7.80. The topological polar surface area (TPSA) is 58.6 Å². The fourth-order valence-electron chi connectivity index (χ4n) is 1.95. The minimum absolute atomic E-state index is 0.161. The predicted molar refractivity (Wildman–Crippen MR) is 95.9 cm³/mol. The molecule has 0 saturated heterocycles. The summed E-state index contributed by atoms with van der Waals surface area (Å²) < 4.78 is 41.9. The minimum Gasteiger partial charge on any atom is -0.444 e. The summed E-state index contributed by atoms with van der Waals surface area (Å²) in [4.78, 5) is 25.4. The molecule has 1 rings (SSSR count). The van der Waals surface area contributed by atoms with Crippen molar-refractivity contribution < 1.29 is 27.5 Å². The van der Waals surface area contributed by atoms with E-state index in [1.807, 2.05) is 0 Å². The van der Waals surface area contributed by atoms with Crippen molar-refractivity contribution in [2.45, 2.75) is 45.3 Å². The molecule has 1 N–H and O–H groups in total. The molecule has 0 aliphatic heterocycles. The number of nitrogens with one attached hydrogen (secondary N) is 1. The standard InChI is InChI=1S/C17H23F3N2O3S/c1-5-22(15(24)25-16(2,3)4)10-12-8-6-7-9-13(12)21-14(23)11-26-17(18,19)20/h6-9H,5,10-11H2,1-4H3,(H,21,23). The van der Waals surface area contributed by atoms with Crippen LogP contribution in [0.5, 0.6) is 0 Å². The Bertz CT molecular complexity index is 630. The molecule has 0 saturated carbocycles. The Morgan fingerprint density at radius 2 is 1.81 bits per heavy atom. The van der Waals surface area contributed by atoms with Crippen LogP contribution < -0.4 is 5.32 Å². The van der Waals surface area contributed by atoms with E-state index in [-0.39, 0.29) is 6.54 Å². The van der Waals surface area contributed by atoms with Crippen LogP contribution in [0.15, 0.2) is 24.3 Å². The third kappa shape index (κ3) is 8.46. The quantitative estimate of drug-likeness (QED) is 0.767. The molecule has 146 valence electrons. The highest BCUT2D eigenvalue weighted by molar-refractivity contribution is 8.00. The zero-order valence-corrected chi connectivity index (χ0v) is 16.0. The van der Waals surface area contributed by atoms with E-state index in [0.717, 1.165) is 0 Å². The molecule has 1 aromatic carbocycles. The van der Waals surface area contributed by atoms with Gasteiger partial charge in [0.05, 0.1) is 12.3 Å². The van der Waals surface area contributed by atoms with Crippen molar-refractivity contribution in [3.8, 4) is 0 Å². The first-order valence-electron chi connectivity index (χ1n) is 7.97. The second-order valence-corrected chi connectivity index (χ2v) is 7.47. The average molecular weight is 392 g/mol. The summed E-state index contributed by atoms with van der Waals surface area (Å²) in [6.07, 6.45) is -0.506. The molecule has 0 aliphatic rings. The van der Waals surface area contributed by atoms with Crippen molar-refractivity contribution >= 4 is 29.4 Å². The summed E-state index contributed by atoms with van der Waals surface area (Å²) in [7, 11) is 0. The zero-order chi connectivity index (χ0) is 20.0. The SMILES string of the molecule is CCN(Cc1ccccc1NC(=O)CSC(F)(F)F)C(=O)OC(C)(C)C. The summed E-state index contributed by atoms with van der Waals surface area (Å²) in [5.41, 5.74) is -4.15. The lowest BCUT2D eigenvalue weighted by atomic mass is 10.1. The minimum atomic E-state index is -4.47. The van der Waals surface area contributed by atoms with Crippen LogP contribution in [-0.4, -0.2) is 40.3 Å². The van der Waals surface area contributed by atoms with Gasteiger partial charge in [0.25, 0.3) is 0 Å². The third-order valence-electron chi connectivity index (χ3n) is 3.05. The van der Waals surface area contributed by atoms with Crippen molar-refractivity contribution in [3.63, 3.8) is 0 Å². The number of carbonyl (C=O) groups excluding carboxylic acids is 2. The second kappa shape index (κ2) is 9.16. The molecular weight excluding hydrogens is 369 g/mol. The lowest BCUT2D eigenvalue weighted by Crippen LogP contribution is -2.36. The van der Waals surface area contributed by atoms with Gasteiger partial charge in [-0.15, -0.1) is 0 Å². The summed E-state index contributed by atoms with van der Waals surface area (Å²) in [6, 6.07) is 6.64. The van der Waals surface area contributed by atoms with Gasteiger partial charge < -0.3 is 15.0 Å². The number of benzene rings is 1. The summed E-state index contributed by atoms with van der Waals surface area (Å²) in [5, 5.41) is 2.46. The average Bonchev–Trinajstić information content (AvgIpc) is 2.49. The molecule has 0 aromatic heterocycles. The number of alkyl halides is 3. The molecule has 26 heavy (non-hydrogen) atoms. The molecule has 0 heterocycles. The van der Waals surface area contributed by atoms with E-state index in [0.29, 0.717) is 17.8 Å². The summed E-state index contributed by atoms with van der Waals surface area (Å²) in [5.74, 6) is -1.50. The lowest BCUT2D eigenvalue weighted by Gasteiger charge is -2.27. The predicted octanol–water partition coefficient (Wildman–Crippen LogP) is 4.64. The van der Waals surface area contributed by atoms with Crippen molar-refractivity contribution in [2.75, 3.05) is 17.6 Å². The number of thioether (sulfide) groups is 1. The highest BCUT2D eigenvalue weighted by Crippen LogP contribution is 2.30. The van der Waals surface area contributed by atoms with Gasteiger partial charge in [0.1, 0.15) is 5.60 Å². The van der Waals surface area contributed by atoms with Crippen LogP contribution in [0.2, 0.25) is 0 Å². The van der Waals surface area contributed by atoms with Crippen molar-refractivity contribution in [2.24, 2.45) is 0 Å². The molecule has 1 aromatic rings. The van der Waals surface area contributed by atoms with E-state index in [1.165, 1.54) is 4.90 Å². The fourth-order valence-corrected chi connectivity index (χ4v) is 2.32. The Morgan fingerprint density at radius 1 is 1.19 bits per heavy atom. The van der Waals surface area contributed by atoms with Crippen molar-refractivity contribution in [3.05, 3.63) is 29.8 Å². The number of halogens is 3. The van der Waals surface area contributed by atoms with Crippen LogP contribution in [-0.2, 0) is 16.1 Å². The number of hydrogen-bond acceptors (Lipinski definition) is 4. The smallest absolute Gasteiger partial charge is 0.442 e. The molecule has 0 atom stereocenters. The number of ether oxygens (including phenoxy) is 1. The number of rotatable bonds is 6. The van der Waals surface area contributed by atoms with Crippen LogP contribution in [0.4, 0.5) is 23.7 Å². The van der Waals surface area contributed by atoms with Gasteiger partial charge in [-0.3, -0.25) is 4.79 Å². The summed E-state index contributed by atoms with van der Waals surface area (Å²) in [6.45, 7) is 7.59. The normalized spacial score (nSPS) is 11.8. The molecule has 0 aliphatic carbocycles. The van der Waals surface area contributed by atoms with E-state index in [1.54, 1.807) is 52.0 Å². The molecule has 0 unspecified atom stereocenters. The number of para-hydroxylation sites is 1. The van der Waals surface area contributed by atoms with Crippen LogP contribution >= 0.6 is 11.8 Å². The Morgan fingerprint density at radius 3 is 2.35 bits per heavy atom. The summed E-state index contributed by atoms with van der Waals surface area (Å²) >= 11 is -0.400. The molecule has 0 fully saturated rings. The zero-order valence-electron chi connectivity index (χ0n) is 15.1. The fraction of sp³-hybridized carbons (Fsp3) is 0.529. The van der Waals surface area contributed by atoms with Gasteiger partial charge in [0.2, 0.25) is 5.91 Å². The van der Waals surface area contributed by atoms with E-state index in [2.05, 4.69) is 5.32 Å². The van der Waals surface area contributed by atoms with Crippen LogP contribution in [0.25, 0.3) is 0 Å². The van der Waals surface area contributed by atoms with E-state index in [9.17, 15) is 22.8 Å². The first-order chi connectivity index (χ1) is 11.9. The number of carbonyl (C=O) groups is 2. The molecule has 5 nitrogen and oxygen atoms in total. The Hall–Kier alpha value is -1.90. The van der Waals surface area contributed by atoms with E-state index >= 15 is 0 Å². The Balaban J connectivity index is 2.81. The van der Waals surface area contributed by atoms with Crippen LogP contribution in [0.1, 0.15) is 33.3 Å². The van der Waals surface area contributed by atoms with Gasteiger partial charge >= 0.3 is 11.6 Å². The van der Waals surface area contributed by atoms with Crippen molar-refractivity contribution in [1.82, 2.24) is 4.90 Å². The maximum atomic E-state index is 12.2. The highest BCUT2D eigenvalue weighted by atomic mass is 32.2. The van der Waals surface area contributed by atoms with Crippen molar-refractivity contribution in [1.29, 1.82) is 0 Å². The van der Waals surface area contributed by atoms with E-state index < -0.39 is 40.6 Å². The first-order valence-corrected chi connectivity index (χ1v) is 8.96. The maximum absolute atomic E-state index is 12.2. The maximum Gasteiger partial charge on any atom is 0.442 e. The first kappa shape index (κ1) is 22.1. The van der Waals surface area contributed by atoms with Gasteiger partial charge in [-0.2, -0.15) is 13.2 Å². The molecule has 0 spiro atoms. The number of amides is 2.